The van der Waals surface area contributed by atoms with Gasteiger partial charge in [0.2, 0.25) is 10.0 Å². The molecule has 0 N–H and O–H groups in total. The number of aromatic nitrogens is 2. The zero-order valence-electron chi connectivity index (χ0n) is 16.7. The van der Waals surface area contributed by atoms with Crippen molar-refractivity contribution in [1.29, 1.82) is 0 Å². The van der Waals surface area contributed by atoms with Crippen LogP contribution in [0.1, 0.15) is 33.3 Å². The molecule has 0 unspecified atom stereocenters. The largest absolute Gasteiger partial charge is 0.497 e. The lowest BCUT2D eigenvalue weighted by Gasteiger charge is -2.32. The van der Waals surface area contributed by atoms with E-state index in [1.54, 1.807) is 30.6 Å². The third-order valence-corrected chi connectivity index (χ3v) is 7.53. The van der Waals surface area contributed by atoms with Crippen LogP contribution in [0.25, 0.3) is 10.9 Å². The number of hydrogen-bond acceptors (Lipinski definition) is 5. The van der Waals surface area contributed by atoms with Gasteiger partial charge in [-0.3, -0.25) is 0 Å². The number of benzene rings is 1. The highest BCUT2D eigenvalue weighted by Crippen LogP contribution is 2.37. The molecule has 1 aromatic carbocycles. The second-order valence-electron chi connectivity index (χ2n) is 8.21. The quantitative estimate of drug-likeness (QED) is 0.467. The second-order valence-corrected chi connectivity index (χ2v) is 10.4. The first kappa shape index (κ1) is 20.4. The van der Waals surface area contributed by atoms with Gasteiger partial charge in [0.1, 0.15) is 5.52 Å². The molecule has 4 rings (SSSR count). The lowest BCUT2D eigenvalue weighted by molar-refractivity contribution is 0.00578. The van der Waals surface area contributed by atoms with E-state index in [0.717, 1.165) is 0 Å². The summed E-state index contributed by atoms with van der Waals surface area (Å²) in [6.45, 7) is 7.81. The molecule has 6 nitrogen and oxygen atoms in total. The van der Waals surface area contributed by atoms with Crippen LogP contribution in [0.3, 0.4) is 0 Å². The summed E-state index contributed by atoms with van der Waals surface area (Å²) < 4.78 is 40.0. The van der Waals surface area contributed by atoms with E-state index in [-0.39, 0.29) is 10.9 Å². The highest BCUT2D eigenvalue weighted by atomic mass is 35.5. The molecule has 0 spiro atoms. The number of halogens is 1. The van der Waals surface area contributed by atoms with E-state index in [1.807, 2.05) is 45.9 Å². The van der Waals surface area contributed by atoms with Crippen molar-refractivity contribution in [3.8, 4) is 0 Å². The van der Waals surface area contributed by atoms with Crippen molar-refractivity contribution in [2.75, 3.05) is 0 Å². The lowest BCUT2D eigenvalue weighted by Crippen LogP contribution is -2.41. The van der Waals surface area contributed by atoms with E-state index in [2.05, 4.69) is 4.98 Å². The summed E-state index contributed by atoms with van der Waals surface area (Å²) in [5.41, 5.74) is 0.526. The Morgan fingerprint density at radius 2 is 1.69 bits per heavy atom. The Bertz CT molecular complexity index is 1160. The van der Waals surface area contributed by atoms with E-state index >= 15 is 0 Å². The van der Waals surface area contributed by atoms with Crippen LogP contribution in [-0.2, 0) is 25.1 Å². The van der Waals surface area contributed by atoms with Crippen LogP contribution in [0, 0.1) is 0 Å². The van der Waals surface area contributed by atoms with E-state index in [4.69, 9.17) is 20.9 Å². The van der Waals surface area contributed by atoms with Crippen molar-refractivity contribution in [2.45, 2.75) is 44.6 Å². The maximum absolute atomic E-state index is 13.2. The summed E-state index contributed by atoms with van der Waals surface area (Å²) >= 11 is 6.33. The molecule has 3 heterocycles. The molecule has 29 heavy (non-hydrogen) atoms. The van der Waals surface area contributed by atoms with Gasteiger partial charge in [-0.15, -0.1) is 0 Å². The molecule has 9 heteroatoms. The summed E-state index contributed by atoms with van der Waals surface area (Å²) in [5.74, 6) is -0.161. The van der Waals surface area contributed by atoms with Crippen molar-refractivity contribution in [2.24, 2.45) is 0 Å². The van der Waals surface area contributed by atoms with Gasteiger partial charge in [0.15, 0.2) is 5.15 Å². The van der Waals surface area contributed by atoms with Crippen molar-refractivity contribution in [3.63, 3.8) is 0 Å². The Morgan fingerprint density at radius 1 is 1.07 bits per heavy atom. The standard InChI is InChI=1S/C20H22BClN2O4S/c1-19(2)20(3,4)28-21(27-19)16-12-24(17-15(16)10-11-23-18(17)22)29(25,26)13-14-8-6-5-7-9-14/h5-12H,13H2,1-4H3. The highest BCUT2D eigenvalue weighted by Gasteiger charge is 2.52. The normalized spacial score (nSPS) is 18.4. The third kappa shape index (κ3) is 3.48. The first-order valence-electron chi connectivity index (χ1n) is 9.30. The molecule has 1 aliphatic heterocycles. The van der Waals surface area contributed by atoms with Gasteiger partial charge in [-0.05, 0) is 39.3 Å². The van der Waals surface area contributed by atoms with Crippen molar-refractivity contribution in [3.05, 3.63) is 59.5 Å². The summed E-state index contributed by atoms with van der Waals surface area (Å²) in [6.07, 6.45) is 3.09. The maximum Gasteiger partial charge on any atom is 0.497 e. The van der Waals surface area contributed by atoms with E-state index in [0.29, 0.717) is 21.9 Å². The van der Waals surface area contributed by atoms with E-state index in [1.165, 1.54) is 3.97 Å². The fourth-order valence-electron chi connectivity index (χ4n) is 3.36. The minimum Gasteiger partial charge on any atom is -0.399 e. The van der Waals surface area contributed by atoms with E-state index < -0.39 is 28.3 Å². The number of hydrogen-bond donors (Lipinski definition) is 0. The monoisotopic (exact) mass is 432 g/mol. The SMILES string of the molecule is CC1(C)OB(c2cn(S(=O)(=O)Cc3ccccc3)c3c(Cl)nccc23)OC1(C)C. The fraction of sp³-hybridized carbons (Fsp3) is 0.350. The zero-order valence-corrected chi connectivity index (χ0v) is 18.3. The van der Waals surface area contributed by atoms with Crippen molar-refractivity contribution < 1.29 is 17.7 Å². The highest BCUT2D eigenvalue weighted by molar-refractivity contribution is 7.89. The van der Waals surface area contributed by atoms with Gasteiger partial charge in [-0.25, -0.2) is 17.4 Å². The van der Waals surface area contributed by atoms with Crippen LogP contribution in [0.15, 0.2) is 48.8 Å². The van der Waals surface area contributed by atoms with Crippen LogP contribution in [0.5, 0.6) is 0 Å². The summed E-state index contributed by atoms with van der Waals surface area (Å²) in [5, 5.41) is 0.752. The average Bonchev–Trinajstić information content (AvgIpc) is 3.12. The van der Waals surface area contributed by atoms with Gasteiger partial charge in [-0.1, -0.05) is 41.9 Å². The number of fused-ring (bicyclic) bond motifs is 1. The first-order valence-corrected chi connectivity index (χ1v) is 11.3. The van der Waals surface area contributed by atoms with Crippen LogP contribution in [0.4, 0.5) is 0 Å². The Hall–Kier alpha value is -1.87. The van der Waals surface area contributed by atoms with Crippen LogP contribution >= 0.6 is 11.6 Å². The topological polar surface area (TPSA) is 70.4 Å². The van der Waals surface area contributed by atoms with Gasteiger partial charge >= 0.3 is 7.12 Å². The Balaban J connectivity index is 1.85. The summed E-state index contributed by atoms with van der Waals surface area (Å²) in [6, 6.07) is 10.7. The zero-order chi connectivity index (χ0) is 21.0. The Labute approximate surface area is 176 Å². The molecule has 1 saturated heterocycles. The molecule has 0 bridgehead atoms. The van der Waals surface area contributed by atoms with Crippen molar-refractivity contribution in [1.82, 2.24) is 8.96 Å². The molecule has 1 fully saturated rings. The van der Waals surface area contributed by atoms with Gasteiger partial charge < -0.3 is 9.31 Å². The lowest BCUT2D eigenvalue weighted by atomic mass is 9.79. The van der Waals surface area contributed by atoms with Crippen LogP contribution in [0.2, 0.25) is 5.15 Å². The smallest absolute Gasteiger partial charge is 0.399 e. The van der Waals surface area contributed by atoms with Crippen LogP contribution < -0.4 is 5.46 Å². The molecule has 0 saturated carbocycles. The molecule has 2 aromatic heterocycles. The maximum atomic E-state index is 13.2. The Kier molecular flexibility index (Phi) is 4.81. The third-order valence-electron chi connectivity index (χ3n) is 5.67. The summed E-state index contributed by atoms with van der Waals surface area (Å²) in [7, 11) is -4.46. The van der Waals surface area contributed by atoms with Gasteiger partial charge in [0.25, 0.3) is 0 Å². The number of pyridine rings is 1. The minimum absolute atomic E-state index is 0.113. The molecule has 0 aliphatic carbocycles. The van der Waals surface area contributed by atoms with Crippen molar-refractivity contribution >= 4 is 45.1 Å². The Morgan fingerprint density at radius 3 is 2.31 bits per heavy atom. The predicted molar refractivity (Wildman–Crippen MR) is 115 cm³/mol. The molecule has 0 amide bonds. The molecule has 152 valence electrons. The predicted octanol–water partition coefficient (Wildman–Crippen LogP) is 3.37. The van der Waals surface area contributed by atoms with Gasteiger partial charge in [-0.2, -0.15) is 0 Å². The summed E-state index contributed by atoms with van der Waals surface area (Å²) in [4.78, 5) is 4.08. The molecular formula is C20H22BClN2O4S. The molecule has 3 aromatic rings. The van der Waals surface area contributed by atoms with Gasteiger partial charge in [0, 0.05) is 23.2 Å². The number of rotatable bonds is 4. The van der Waals surface area contributed by atoms with Gasteiger partial charge in [0.05, 0.1) is 17.0 Å². The molecule has 0 radical (unpaired) electrons. The average molecular weight is 433 g/mol. The first-order chi connectivity index (χ1) is 13.5. The minimum atomic E-state index is -3.75. The second kappa shape index (κ2) is 6.84. The van der Waals surface area contributed by atoms with E-state index in [9.17, 15) is 8.42 Å². The fourth-order valence-corrected chi connectivity index (χ4v) is 5.15. The van der Waals surface area contributed by atoms with Crippen LogP contribution in [-0.4, -0.2) is 35.7 Å². The number of nitrogens with zero attached hydrogens (tertiary/aromatic N) is 2. The molecule has 0 atom stereocenters. The molecule has 1 aliphatic rings. The molecular weight excluding hydrogens is 411 g/mol.